The van der Waals surface area contributed by atoms with Gasteiger partial charge in [-0.3, -0.25) is 4.99 Å². The number of aryl methyl sites for hydroxylation is 1. The van der Waals surface area contributed by atoms with Gasteiger partial charge < -0.3 is 4.90 Å². The van der Waals surface area contributed by atoms with Crippen molar-refractivity contribution in [1.29, 1.82) is 0 Å². The largest absolute Gasteiger partial charge is 0.375 e. The molecule has 2 rings (SSSR count). The maximum absolute atomic E-state index is 4.66. The highest BCUT2D eigenvalue weighted by molar-refractivity contribution is 6.03. The van der Waals surface area contributed by atoms with Gasteiger partial charge in [-0.15, -0.1) is 6.58 Å². The number of hydrogen-bond acceptors (Lipinski definition) is 2. The van der Waals surface area contributed by atoms with E-state index >= 15 is 0 Å². The highest BCUT2D eigenvalue weighted by Gasteiger charge is 2.24. The van der Waals surface area contributed by atoms with Crippen LogP contribution in [0.2, 0.25) is 0 Å². The second-order valence-electron chi connectivity index (χ2n) is 9.58. The van der Waals surface area contributed by atoms with Crippen LogP contribution in [0.4, 0.5) is 0 Å². The van der Waals surface area contributed by atoms with Gasteiger partial charge in [-0.05, 0) is 87.6 Å². The number of nitrogens with zero attached hydrogens (tertiary/aromatic N) is 2. The Labute approximate surface area is 203 Å². The molecule has 0 aromatic heterocycles. The van der Waals surface area contributed by atoms with E-state index in [1.807, 2.05) is 6.08 Å². The maximum Gasteiger partial charge on any atom is 0.0571 e. The first-order valence-electron chi connectivity index (χ1n) is 12.4. The van der Waals surface area contributed by atoms with E-state index in [9.17, 15) is 0 Å². The van der Waals surface area contributed by atoms with Gasteiger partial charge in [0, 0.05) is 36.0 Å². The summed E-state index contributed by atoms with van der Waals surface area (Å²) in [6.07, 6.45) is 8.48. The molecule has 2 nitrogen and oxygen atoms in total. The summed E-state index contributed by atoms with van der Waals surface area (Å²) in [4.78, 5) is 7.16. The van der Waals surface area contributed by atoms with Gasteiger partial charge in [0.25, 0.3) is 0 Å². The lowest BCUT2D eigenvalue weighted by Crippen LogP contribution is -2.28. The lowest BCUT2D eigenvalue weighted by atomic mass is 9.89. The van der Waals surface area contributed by atoms with Crippen molar-refractivity contribution in [3.8, 4) is 0 Å². The molecule has 1 aliphatic carbocycles. The summed E-state index contributed by atoms with van der Waals surface area (Å²) in [6.45, 7) is 32.4. The van der Waals surface area contributed by atoms with Gasteiger partial charge in [-0.25, -0.2) is 0 Å². The first-order chi connectivity index (χ1) is 15.7. The molecule has 0 radical (unpaired) electrons. The zero-order chi connectivity index (χ0) is 24.5. The third kappa shape index (κ3) is 7.19. The highest BCUT2D eigenvalue weighted by Crippen LogP contribution is 2.35. The monoisotopic (exact) mass is 444 g/mol. The number of rotatable bonds is 13. The third-order valence-electron chi connectivity index (χ3n) is 6.71. The molecule has 0 spiro atoms. The van der Waals surface area contributed by atoms with Crippen molar-refractivity contribution in [1.82, 2.24) is 4.90 Å². The van der Waals surface area contributed by atoms with Gasteiger partial charge in [-0.2, -0.15) is 0 Å². The Morgan fingerprint density at radius 1 is 1.12 bits per heavy atom. The third-order valence-corrected chi connectivity index (χ3v) is 6.71. The van der Waals surface area contributed by atoms with Crippen molar-refractivity contribution in [2.24, 2.45) is 10.9 Å². The summed E-state index contributed by atoms with van der Waals surface area (Å²) < 4.78 is 0. The van der Waals surface area contributed by atoms with Crippen molar-refractivity contribution >= 4 is 16.9 Å². The maximum atomic E-state index is 4.66. The van der Waals surface area contributed by atoms with Crippen LogP contribution in [0, 0.1) is 12.8 Å². The fourth-order valence-corrected chi connectivity index (χ4v) is 4.79. The van der Waals surface area contributed by atoms with Gasteiger partial charge in [0.15, 0.2) is 0 Å². The topological polar surface area (TPSA) is 15.6 Å². The molecule has 0 saturated heterocycles. The molecule has 0 amide bonds. The SMILES string of the molecule is C=CCN=C(C)c1cc(C(=C)CCCN(CCC)C(=C)[C@H]2CCC(=C)C2)c(C)cc1C(=C)C. The Bertz CT molecular complexity index is 944. The predicted octanol–water partition coefficient (Wildman–Crippen LogP) is 8.40. The van der Waals surface area contributed by atoms with E-state index in [2.05, 4.69) is 82.6 Å². The lowest BCUT2D eigenvalue weighted by Gasteiger charge is -2.30. The Balaban J connectivity index is 2.13. The molecule has 1 aliphatic rings. The lowest BCUT2D eigenvalue weighted by molar-refractivity contribution is 0.302. The summed E-state index contributed by atoms with van der Waals surface area (Å²) >= 11 is 0. The summed E-state index contributed by atoms with van der Waals surface area (Å²) in [6, 6.07) is 4.50. The van der Waals surface area contributed by atoms with E-state index in [0.717, 1.165) is 67.6 Å². The van der Waals surface area contributed by atoms with E-state index in [0.29, 0.717) is 12.5 Å². The van der Waals surface area contributed by atoms with Gasteiger partial charge >= 0.3 is 0 Å². The van der Waals surface area contributed by atoms with Crippen LogP contribution in [0.25, 0.3) is 11.1 Å². The fourth-order valence-electron chi connectivity index (χ4n) is 4.79. The molecule has 2 heteroatoms. The number of aliphatic imine (C=N–C) groups is 1. The summed E-state index contributed by atoms with van der Waals surface area (Å²) in [5.74, 6) is 0.574. The minimum Gasteiger partial charge on any atom is -0.375 e. The van der Waals surface area contributed by atoms with Crippen LogP contribution < -0.4 is 0 Å². The van der Waals surface area contributed by atoms with E-state index in [1.54, 1.807) is 0 Å². The highest BCUT2D eigenvalue weighted by atomic mass is 15.1. The van der Waals surface area contributed by atoms with Crippen molar-refractivity contribution < 1.29 is 0 Å². The Kier molecular flexibility index (Phi) is 10.2. The molecular weight excluding hydrogens is 400 g/mol. The molecule has 1 saturated carbocycles. The van der Waals surface area contributed by atoms with Crippen molar-refractivity contribution in [2.45, 2.75) is 66.2 Å². The molecule has 0 bridgehead atoms. The molecule has 0 heterocycles. The molecule has 1 fully saturated rings. The van der Waals surface area contributed by atoms with Crippen LogP contribution in [0.3, 0.4) is 0 Å². The van der Waals surface area contributed by atoms with Gasteiger partial charge in [0.05, 0.1) is 6.54 Å². The molecule has 178 valence electrons. The standard InChI is InChI=1S/C31H44N2/c1-10-16-32-26(8)31-21-30(25(7)20-29(31)22(3)4)24(6)13-12-18-33(17-11-2)27(9)28-15-14-23(5)19-28/h10,20-21,28H,1,3,5-6,9,11-19H2,2,4,7-8H3/t28-/m0/s1. The van der Waals surface area contributed by atoms with Crippen LogP contribution in [0.15, 0.2) is 67.4 Å². The van der Waals surface area contributed by atoms with Gasteiger partial charge in [-0.1, -0.05) is 56.5 Å². The number of allylic oxidation sites excluding steroid dienone is 4. The first-order valence-corrected chi connectivity index (χ1v) is 12.4. The average molecular weight is 445 g/mol. The number of hydrogen-bond donors (Lipinski definition) is 0. The molecule has 33 heavy (non-hydrogen) atoms. The summed E-state index contributed by atoms with van der Waals surface area (Å²) in [5.41, 5.74) is 10.7. The number of benzene rings is 1. The molecule has 1 atom stereocenters. The van der Waals surface area contributed by atoms with E-state index in [-0.39, 0.29) is 0 Å². The molecule has 0 aliphatic heterocycles. The van der Waals surface area contributed by atoms with Crippen molar-refractivity contribution in [3.63, 3.8) is 0 Å². The van der Waals surface area contributed by atoms with Crippen LogP contribution in [-0.2, 0) is 0 Å². The normalized spacial score (nSPS) is 16.1. The van der Waals surface area contributed by atoms with Crippen molar-refractivity contribution in [3.05, 3.63) is 84.6 Å². The van der Waals surface area contributed by atoms with Gasteiger partial charge in [0.1, 0.15) is 0 Å². The van der Waals surface area contributed by atoms with E-state index in [4.69, 9.17) is 0 Å². The molecular formula is C31H44N2. The van der Waals surface area contributed by atoms with Crippen molar-refractivity contribution in [2.75, 3.05) is 19.6 Å². The fraction of sp³-hybridized carbons (Fsp3) is 0.452. The minimum absolute atomic E-state index is 0.574. The molecule has 1 aromatic rings. The zero-order valence-electron chi connectivity index (χ0n) is 21.6. The second-order valence-corrected chi connectivity index (χ2v) is 9.58. The average Bonchev–Trinajstić information content (AvgIpc) is 3.22. The van der Waals surface area contributed by atoms with E-state index in [1.165, 1.54) is 34.4 Å². The summed E-state index contributed by atoms with van der Waals surface area (Å²) in [7, 11) is 0. The van der Waals surface area contributed by atoms with Gasteiger partial charge in [0.2, 0.25) is 0 Å². The van der Waals surface area contributed by atoms with E-state index < -0.39 is 0 Å². The first kappa shape index (κ1) is 26.6. The zero-order valence-corrected chi connectivity index (χ0v) is 21.6. The summed E-state index contributed by atoms with van der Waals surface area (Å²) in [5, 5.41) is 0. The smallest absolute Gasteiger partial charge is 0.0571 e. The van der Waals surface area contributed by atoms with Crippen LogP contribution >= 0.6 is 0 Å². The Morgan fingerprint density at radius 2 is 1.85 bits per heavy atom. The second kappa shape index (κ2) is 12.6. The Hall–Kier alpha value is -2.61. The quantitative estimate of drug-likeness (QED) is 0.220. The van der Waals surface area contributed by atoms with Crippen LogP contribution in [-0.4, -0.2) is 30.2 Å². The van der Waals surface area contributed by atoms with Crippen LogP contribution in [0.5, 0.6) is 0 Å². The Morgan fingerprint density at radius 3 is 2.42 bits per heavy atom. The molecule has 1 aromatic carbocycles. The predicted molar refractivity (Wildman–Crippen MR) is 149 cm³/mol. The molecule has 0 N–H and O–H groups in total. The van der Waals surface area contributed by atoms with Crippen LogP contribution in [0.1, 0.15) is 81.5 Å². The molecule has 0 unspecified atom stereocenters. The minimum atomic E-state index is 0.574.